The van der Waals surface area contributed by atoms with E-state index in [9.17, 15) is 5.11 Å². The highest BCUT2D eigenvalue weighted by Gasteiger charge is 2.52. The first-order valence-electron chi connectivity index (χ1n) is 9.80. The normalized spacial score (nSPS) is 38.6. The van der Waals surface area contributed by atoms with Gasteiger partial charge in [0.25, 0.3) is 0 Å². The molecule has 1 heteroatoms. The molecule has 2 aliphatic rings. The summed E-state index contributed by atoms with van der Waals surface area (Å²) in [5.74, 6) is 3.86. The van der Waals surface area contributed by atoms with Crippen LogP contribution in [-0.2, 0) is 0 Å². The fourth-order valence-electron chi connectivity index (χ4n) is 5.94. The standard InChI is InChI=1S/C21H40O/c1-15-8-7-12-21(6)18(15)9-10-19(21)16(2)17(14-22)11-13-20(3,4)5/h15-19,22H,7-14H2,1-6H3/t15-,16-,17?,18?,19?,21-/m0/s1. The van der Waals surface area contributed by atoms with Crippen molar-refractivity contribution in [1.82, 2.24) is 0 Å². The number of fused-ring (bicyclic) bond motifs is 1. The van der Waals surface area contributed by atoms with Gasteiger partial charge in [0.1, 0.15) is 0 Å². The van der Waals surface area contributed by atoms with Gasteiger partial charge in [0, 0.05) is 6.61 Å². The van der Waals surface area contributed by atoms with Crippen LogP contribution in [0.25, 0.3) is 0 Å². The van der Waals surface area contributed by atoms with E-state index in [0.717, 1.165) is 17.8 Å². The summed E-state index contributed by atoms with van der Waals surface area (Å²) in [7, 11) is 0. The molecule has 130 valence electrons. The smallest absolute Gasteiger partial charge is 0.0461 e. The Kier molecular flexibility index (Phi) is 5.68. The summed E-state index contributed by atoms with van der Waals surface area (Å²) in [6.07, 6.45) is 9.54. The Bertz CT molecular complexity index is 355. The van der Waals surface area contributed by atoms with Crippen LogP contribution in [-0.4, -0.2) is 11.7 Å². The van der Waals surface area contributed by atoms with Crippen molar-refractivity contribution < 1.29 is 5.11 Å². The van der Waals surface area contributed by atoms with Crippen LogP contribution >= 0.6 is 0 Å². The largest absolute Gasteiger partial charge is 0.396 e. The Morgan fingerprint density at radius 3 is 2.45 bits per heavy atom. The molecule has 0 aliphatic heterocycles. The third-order valence-electron chi connectivity index (χ3n) is 7.42. The van der Waals surface area contributed by atoms with Crippen LogP contribution in [0.15, 0.2) is 0 Å². The second-order valence-corrected chi connectivity index (χ2v) is 10.1. The Balaban J connectivity index is 2.05. The first-order chi connectivity index (χ1) is 10.2. The van der Waals surface area contributed by atoms with Crippen LogP contribution in [0.5, 0.6) is 0 Å². The molecule has 0 radical (unpaired) electrons. The third-order valence-corrected chi connectivity index (χ3v) is 7.42. The summed E-state index contributed by atoms with van der Waals surface area (Å²) >= 11 is 0. The van der Waals surface area contributed by atoms with E-state index in [1.165, 1.54) is 44.9 Å². The summed E-state index contributed by atoms with van der Waals surface area (Å²) in [5.41, 5.74) is 0.931. The molecule has 0 heterocycles. The van der Waals surface area contributed by atoms with Gasteiger partial charge in [-0.1, -0.05) is 54.4 Å². The van der Waals surface area contributed by atoms with Crippen molar-refractivity contribution in [2.24, 2.45) is 40.4 Å². The minimum atomic E-state index is 0.379. The van der Waals surface area contributed by atoms with Gasteiger partial charge in [-0.2, -0.15) is 0 Å². The second kappa shape index (κ2) is 6.83. The molecular formula is C21H40O. The maximum absolute atomic E-state index is 9.99. The molecule has 0 aromatic rings. The maximum atomic E-state index is 9.99. The van der Waals surface area contributed by atoms with Crippen molar-refractivity contribution in [2.75, 3.05) is 6.61 Å². The van der Waals surface area contributed by atoms with E-state index in [0.29, 0.717) is 29.3 Å². The van der Waals surface area contributed by atoms with E-state index in [1.54, 1.807) is 0 Å². The molecule has 1 N–H and O–H groups in total. The number of aliphatic hydroxyl groups excluding tert-OH is 1. The van der Waals surface area contributed by atoms with Gasteiger partial charge in [-0.15, -0.1) is 0 Å². The van der Waals surface area contributed by atoms with Crippen molar-refractivity contribution in [2.45, 2.75) is 86.5 Å². The quantitative estimate of drug-likeness (QED) is 0.669. The number of aliphatic hydroxyl groups is 1. The van der Waals surface area contributed by atoms with E-state index in [1.807, 2.05) is 0 Å². The van der Waals surface area contributed by atoms with E-state index >= 15 is 0 Å². The van der Waals surface area contributed by atoms with Gasteiger partial charge in [0.05, 0.1) is 0 Å². The SMILES string of the molecule is C[C@@H](C(CO)CCC(C)(C)C)C1CCC2[C@@H](C)CCC[C@]12C. The first-order valence-corrected chi connectivity index (χ1v) is 9.80. The first kappa shape index (κ1) is 18.3. The molecule has 0 amide bonds. The number of rotatable bonds is 5. The Labute approximate surface area is 139 Å². The van der Waals surface area contributed by atoms with Crippen LogP contribution < -0.4 is 0 Å². The molecule has 0 saturated heterocycles. The molecule has 2 rings (SSSR count). The summed E-state index contributed by atoms with van der Waals surface area (Å²) in [5, 5.41) is 9.99. The van der Waals surface area contributed by atoms with E-state index < -0.39 is 0 Å². The molecule has 22 heavy (non-hydrogen) atoms. The van der Waals surface area contributed by atoms with E-state index in [-0.39, 0.29) is 0 Å². The molecule has 0 bridgehead atoms. The lowest BCUT2D eigenvalue weighted by molar-refractivity contribution is 0.0103. The van der Waals surface area contributed by atoms with Gasteiger partial charge >= 0.3 is 0 Å². The molecule has 3 unspecified atom stereocenters. The minimum Gasteiger partial charge on any atom is -0.396 e. The van der Waals surface area contributed by atoms with Crippen LogP contribution in [0, 0.1) is 40.4 Å². The average Bonchev–Trinajstić information content (AvgIpc) is 2.76. The highest BCUT2D eigenvalue weighted by atomic mass is 16.3. The van der Waals surface area contributed by atoms with Crippen molar-refractivity contribution in [3.8, 4) is 0 Å². The number of hydrogen-bond donors (Lipinski definition) is 1. The lowest BCUT2D eigenvalue weighted by atomic mass is 9.58. The van der Waals surface area contributed by atoms with Gasteiger partial charge in [-0.3, -0.25) is 0 Å². The molecule has 1 nitrogen and oxygen atoms in total. The minimum absolute atomic E-state index is 0.379. The lowest BCUT2D eigenvalue weighted by Gasteiger charge is -2.47. The topological polar surface area (TPSA) is 20.2 Å². The summed E-state index contributed by atoms with van der Waals surface area (Å²) in [6, 6.07) is 0. The summed E-state index contributed by atoms with van der Waals surface area (Å²) in [4.78, 5) is 0. The monoisotopic (exact) mass is 308 g/mol. The fourth-order valence-corrected chi connectivity index (χ4v) is 5.94. The van der Waals surface area contributed by atoms with Crippen molar-refractivity contribution in [1.29, 1.82) is 0 Å². The fraction of sp³-hybridized carbons (Fsp3) is 1.00. The highest BCUT2D eigenvalue weighted by molar-refractivity contribution is 5.01. The summed E-state index contributed by atoms with van der Waals surface area (Å²) in [6.45, 7) is 14.9. The van der Waals surface area contributed by atoms with Crippen molar-refractivity contribution >= 4 is 0 Å². The van der Waals surface area contributed by atoms with Crippen LogP contribution in [0.2, 0.25) is 0 Å². The lowest BCUT2D eigenvalue weighted by Crippen LogP contribution is -2.40. The van der Waals surface area contributed by atoms with Crippen molar-refractivity contribution in [3.63, 3.8) is 0 Å². The van der Waals surface area contributed by atoms with E-state index in [2.05, 4.69) is 41.5 Å². The van der Waals surface area contributed by atoms with Gasteiger partial charge in [0.2, 0.25) is 0 Å². The Morgan fingerprint density at radius 1 is 1.18 bits per heavy atom. The van der Waals surface area contributed by atoms with Gasteiger partial charge in [-0.05, 0) is 72.5 Å². The van der Waals surface area contributed by atoms with E-state index in [4.69, 9.17) is 0 Å². The zero-order valence-corrected chi connectivity index (χ0v) is 16.0. The Hall–Kier alpha value is -0.0400. The molecule has 0 spiro atoms. The average molecular weight is 309 g/mol. The zero-order chi connectivity index (χ0) is 16.5. The van der Waals surface area contributed by atoms with Gasteiger partial charge in [-0.25, -0.2) is 0 Å². The van der Waals surface area contributed by atoms with Gasteiger partial charge in [0.15, 0.2) is 0 Å². The maximum Gasteiger partial charge on any atom is 0.0461 e. The molecule has 2 fully saturated rings. The zero-order valence-electron chi connectivity index (χ0n) is 16.0. The number of hydrogen-bond acceptors (Lipinski definition) is 1. The van der Waals surface area contributed by atoms with Crippen LogP contribution in [0.3, 0.4) is 0 Å². The highest BCUT2D eigenvalue weighted by Crippen LogP contribution is 2.60. The van der Waals surface area contributed by atoms with Crippen molar-refractivity contribution in [3.05, 3.63) is 0 Å². The molecule has 2 aliphatic carbocycles. The molecule has 6 atom stereocenters. The predicted molar refractivity (Wildman–Crippen MR) is 95.8 cm³/mol. The predicted octanol–water partition coefficient (Wildman–Crippen LogP) is 5.91. The van der Waals surface area contributed by atoms with Gasteiger partial charge < -0.3 is 5.11 Å². The van der Waals surface area contributed by atoms with Crippen LogP contribution in [0.4, 0.5) is 0 Å². The molecule has 0 aromatic heterocycles. The third kappa shape index (κ3) is 3.71. The molecule has 2 saturated carbocycles. The molecular weight excluding hydrogens is 268 g/mol. The van der Waals surface area contributed by atoms with Crippen LogP contribution in [0.1, 0.15) is 86.5 Å². The summed E-state index contributed by atoms with van der Waals surface area (Å²) < 4.78 is 0. The Morgan fingerprint density at radius 2 is 1.86 bits per heavy atom. The second-order valence-electron chi connectivity index (χ2n) is 10.1. The molecule has 0 aromatic carbocycles.